The molecule has 19 heavy (non-hydrogen) atoms. The van der Waals surface area contributed by atoms with Gasteiger partial charge in [-0.15, -0.1) is 0 Å². The molecule has 0 fully saturated rings. The van der Waals surface area contributed by atoms with E-state index in [1.54, 1.807) is 11.1 Å². The fourth-order valence-electron chi connectivity index (χ4n) is 2.64. The Morgan fingerprint density at radius 3 is 2.89 bits per heavy atom. The van der Waals surface area contributed by atoms with Gasteiger partial charge in [0, 0.05) is 25.2 Å². The fourth-order valence-corrected chi connectivity index (χ4v) is 2.77. The molecular formula is C13H15ClN4O. The number of likely N-dealkylation sites (N-methyl/N-ethyl adjacent to an activating group) is 1. The molecule has 0 N–H and O–H groups in total. The van der Waals surface area contributed by atoms with E-state index in [-0.39, 0.29) is 17.2 Å². The van der Waals surface area contributed by atoms with Crippen molar-refractivity contribution in [3.8, 4) is 0 Å². The lowest BCUT2D eigenvalue weighted by Gasteiger charge is -2.34. The molecule has 1 aliphatic heterocycles. The summed E-state index contributed by atoms with van der Waals surface area (Å²) in [6.07, 6.45) is 1.67. The Labute approximate surface area is 116 Å². The van der Waals surface area contributed by atoms with Crippen LogP contribution < -0.4 is 0 Å². The van der Waals surface area contributed by atoms with Gasteiger partial charge in [0.1, 0.15) is 11.3 Å². The second-order valence-electron chi connectivity index (χ2n) is 5.31. The van der Waals surface area contributed by atoms with E-state index in [0.29, 0.717) is 18.2 Å². The van der Waals surface area contributed by atoms with E-state index in [1.807, 2.05) is 17.7 Å². The van der Waals surface area contributed by atoms with Gasteiger partial charge in [-0.25, -0.2) is 4.98 Å². The predicted molar refractivity (Wildman–Crippen MR) is 73.4 cm³/mol. The van der Waals surface area contributed by atoms with Gasteiger partial charge in [0.25, 0.3) is 5.91 Å². The lowest BCUT2D eigenvalue weighted by atomic mass is 10.0. The van der Waals surface area contributed by atoms with Crippen LogP contribution in [0.3, 0.4) is 0 Å². The van der Waals surface area contributed by atoms with Gasteiger partial charge in [0.05, 0.1) is 6.04 Å². The largest absolute Gasteiger partial charge is 0.338 e. The molecule has 3 rings (SSSR count). The first-order valence-electron chi connectivity index (χ1n) is 6.28. The standard InChI is InChI=1S/C13H15ClN4O/c1-7(2)10-6-17(3)12(19)9-4-8-5-15-13(14)16-11(8)18(9)10/h4-5,7,10H,6H2,1-3H3. The number of rotatable bonds is 1. The summed E-state index contributed by atoms with van der Waals surface area (Å²) in [6.45, 7) is 4.98. The predicted octanol–water partition coefficient (Wildman–Crippen LogP) is 2.37. The highest BCUT2D eigenvalue weighted by atomic mass is 35.5. The van der Waals surface area contributed by atoms with E-state index in [1.165, 1.54) is 0 Å². The molecule has 0 saturated carbocycles. The fraction of sp³-hybridized carbons (Fsp3) is 0.462. The molecule has 100 valence electrons. The number of fused-ring (bicyclic) bond motifs is 3. The Morgan fingerprint density at radius 2 is 2.21 bits per heavy atom. The van der Waals surface area contributed by atoms with E-state index in [2.05, 4.69) is 23.8 Å². The lowest BCUT2D eigenvalue weighted by molar-refractivity contribution is 0.0698. The van der Waals surface area contributed by atoms with Crippen molar-refractivity contribution in [1.82, 2.24) is 19.4 Å². The summed E-state index contributed by atoms with van der Waals surface area (Å²) in [5.41, 5.74) is 1.41. The second kappa shape index (κ2) is 4.20. The summed E-state index contributed by atoms with van der Waals surface area (Å²) in [5, 5.41) is 1.07. The summed E-state index contributed by atoms with van der Waals surface area (Å²) < 4.78 is 2.01. The van der Waals surface area contributed by atoms with Crippen LogP contribution in [0.4, 0.5) is 0 Å². The SMILES string of the molecule is CC(C)C1CN(C)C(=O)c2cc3cnc(Cl)nc3n21. The topological polar surface area (TPSA) is 51.0 Å². The lowest BCUT2D eigenvalue weighted by Crippen LogP contribution is -2.42. The highest BCUT2D eigenvalue weighted by Crippen LogP contribution is 2.32. The molecule has 0 saturated heterocycles. The number of carbonyl (C=O) groups is 1. The zero-order valence-corrected chi connectivity index (χ0v) is 11.8. The van der Waals surface area contributed by atoms with Gasteiger partial charge in [-0.2, -0.15) is 4.98 Å². The molecular weight excluding hydrogens is 264 g/mol. The first-order chi connectivity index (χ1) is 8.99. The van der Waals surface area contributed by atoms with Crippen molar-refractivity contribution < 1.29 is 4.79 Å². The summed E-state index contributed by atoms with van der Waals surface area (Å²) in [4.78, 5) is 22.3. The Kier molecular flexibility index (Phi) is 2.74. The average Bonchev–Trinajstić information content (AvgIpc) is 2.72. The Morgan fingerprint density at radius 1 is 1.47 bits per heavy atom. The first kappa shape index (κ1) is 12.4. The van der Waals surface area contributed by atoms with E-state index in [0.717, 1.165) is 11.0 Å². The van der Waals surface area contributed by atoms with Crippen LogP contribution in [0.1, 0.15) is 30.4 Å². The van der Waals surface area contributed by atoms with E-state index >= 15 is 0 Å². The maximum atomic E-state index is 12.3. The van der Waals surface area contributed by atoms with Crippen molar-refractivity contribution in [3.05, 3.63) is 23.2 Å². The molecule has 1 unspecified atom stereocenters. The minimum Gasteiger partial charge on any atom is -0.338 e. The average molecular weight is 279 g/mol. The molecule has 2 aromatic heterocycles. The first-order valence-corrected chi connectivity index (χ1v) is 6.65. The third-order valence-corrected chi connectivity index (χ3v) is 3.86. The molecule has 2 aromatic rings. The van der Waals surface area contributed by atoms with Crippen LogP contribution in [0.25, 0.3) is 11.0 Å². The smallest absolute Gasteiger partial charge is 0.270 e. The van der Waals surface area contributed by atoms with Crippen molar-refractivity contribution in [2.24, 2.45) is 5.92 Å². The van der Waals surface area contributed by atoms with Crippen molar-refractivity contribution in [2.75, 3.05) is 13.6 Å². The van der Waals surface area contributed by atoms with Crippen molar-refractivity contribution >= 4 is 28.5 Å². The molecule has 5 nitrogen and oxygen atoms in total. The number of aromatic nitrogens is 3. The van der Waals surface area contributed by atoms with Gasteiger partial charge in [-0.1, -0.05) is 13.8 Å². The monoisotopic (exact) mass is 278 g/mol. The molecule has 0 bridgehead atoms. The number of hydrogen-bond acceptors (Lipinski definition) is 3. The summed E-state index contributed by atoms with van der Waals surface area (Å²) >= 11 is 5.88. The van der Waals surface area contributed by atoms with Gasteiger partial charge < -0.3 is 9.47 Å². The number of carbonyl (C=O) groups excluding carboxylic acids is 1. The summed E-state index contributed by atoms with van der Waals surface area (Å²) in [6, 6.07) is 2.06. The van der Waals surface area contributed by atoms with Gasteiger partial charge in [0.15, 0.2) is 0 Å². The number of halogens is 1. The van der Waals surface area contributed by atoms with Gasteiger partial charge in [0.2, 0.25) is 5.28 Å². The number of amides is 1. The Balaban J connectivity index is 2.31. The van der Waals surface area contributed by atoms with Crippen LogP contribution in [0, 0.1) is 5.92 Å². The van der Waals surface area contributed by atoms with Crippen LogP contribution >= 0.6 is 11.6 Å². The minimum absolute atomic E-state index is 0.0195. The van der Waals surface area contributed by atoms with Gasteiger partial charge in [-0.3, -0.25) is 4.79 Å². The molecule has 0 radical (unpaired) electrons. The number of nitrogens with zero attached hydrogens (tertiary/aromatic N) is 4. The molecule has 0 aliphatic carbocycles. The van der Waals surface area contributed by atoms with Crippen molar-refractivity contribution in [1.29, 1.82) is 0 Å². The Bertz CT molecular complexity index is 664. The maximum absolute atomic E-state index is 12.3. The third kappa shape index (κ3) is 1.80. The highest BCUT2D eigenvalue weighted by molar-refractivity contribution is 6.28. The Hall–Kier alpha value is -1.62. The molecule has 0 aromatic carbocycles. The maximum Gasteiger partial charge on any atom is 0.270 e. The molecule has 6 heteroatoms. The second-order valence-corrected chi connectivity index (χ2v) is 5.65. The van der Waals surface area contributed by atoms with Crippen LogP contribution in [-0.4, -0.2) is 38.9 Å². The van der Waals surface area contributed by atoms with Crippen LogP contribution in [0.15, 0.2) is 12.3 Å². The van der Waals surface area contributed by atoms with Crippen LogP contribution in [0.2, 0.25) is 5.28 Å². The quantitative estimate of drug-likeness (QED) is 0.753. The van der Waals surface area contributed by atoms with E-state index in [4.69, 9.17) is 11.6 Å². The zero-order valence-electron chi connectivity index (χ0n) is 11.1. The molecule has 1 amide bonds. The zero-order chi connectivity index (χ0) is 13.7. The molecule has 1 atom stereocenters. The van der Waals surface area contributed by atoms with E-state index < -0.39 is 0 Å². The summed E-state index contributed by atoms with van der Waals surface area (Å²) in [7, 11) is 1.83. The third-order valence-electron chi connectivity index (χ3n) is 3.67. The molecule has 0 spiro atoms. The highest BCUT2D eigenvalue weighted by Gasteiger charge is 2.32. The van der Waals surface area contributed by atoms with Gasteiger partial charge >= 0.3 is 0 Å². The normalized spacial score (nSPS) is 19.3. The van der Waals surface area contributed by atoms with E-state index in [9.17, 15) is 4.79 Å². The summed E-state index contributed by atoms with van der Waals surface area (Å²) in [5.74, 6) is 0.421. The number of hydrogen-bond donors (Lipinski definition) is 0. The van der Waals surface area contributed by atoms with Crippen molar-refractivity contribution in [3.63, 3.8) is 0 Å². The van der Waals surface area contributed by atoms with Crippen molar-refractivity contribution in [2.45, 2.75) is 19.9 Å². The van der Waals surface area contributed by atoms with Crippen LogP contribution in [0.5, 0.6) is 0 Å². The van der Waals surface area contributed by atoms with Crippen LogP contribution in [-0.2, 0) is 0 Å². The minimum atomic E-state index is 0.0195. The van der Waals surface area contributed by atoms with Gasteiger partial charge in [-0.05, 0) is 23.6 Å². The molecule has 1 aliphatic rings. The molecule has 3 heterocycles.